The van der Waals surface area contributed by atoms with Crippen LogP contribution in [-0.4, -0.2) is 35.3 Å². The van der Waals surface area contributed by atoms with Gasteiger partial charge in [0.1, 0.15) is 0 Å². The molecule has 0 amide bonds. The molecule has 5 nitrogen and oxygen atoms in total. The second-order valence-corrected chi connectivity index (χ2v) is 5.66. The molecule has 0 spiro atoms. The number of carboxylic acids is 1. The number of ether oxygens (including phenoxy) is 1. The van der Waals surface area contributed by atoms with Gasteiger partial charge in [-0.05, 0) is 30.5 Å². The van der Waals surface area contributed by atoms with Crippen molar-refractivity contribution in [2.75, 3.05) is 13.2 Å². The molecule has 0 radical (unpaired) electrons. The van der Waals surface area contributed by atoms with Crippen LogP contribution in [0.5, 0.6) is 0 Å². The SMILES string of the molecule is O=C(O)c1ccccc1-c1ccc(CNC2CCOCC2)nc1. The zero-order chi connectivity index (χ0) is 16.1. The fraction of sp³-hybridized carbons (Fsp3) is 0.333. The van der Waals surface area contributed by atoms with Crippen molar-refractivity contribution in [1.82, 2.24) is 10.3 Å². The van der Waals surface area contributed by atoms with Gasteiger partial charge in [-0.15, -0.1) is 0 Å². The van der Waals surface area contributed by atoms with Crippen LogP contribution < -0.4 is 5.32 Å². The number of pyridine rings is 1. The maximum Gasteiger partial charge on any atom is 0.336 e. The second kappa shape index (κ2) is 7.35. The van der Waals surface area contributed by atoms with Crippen LogP contribution in [0.3, 0.4) is 0 Å². The highest BCUT2D eigenvalue weighted by atomic mass is 16.5. The number of rotatable bonds is 5. The maximum atomic E-state index is 11.3. The Balaban J connectivity index is 1.68. The Hall–Kier alpha value is -2.24. The van der Waals surface area contributed by atoms with Crippen LogP contribution in [0.2, 0.25) is 0 Å². The summed E-state index contributed by atoms with van der Waals surface area (Å²) in [4.78, 5) is 15.8. The molecule has 2 heterocycles. The lowest BCUT2D eigenvalue weighted by atomic mass is 10.0. The van der Waals surface area contributed by atoms with Crippen molar-refractivity contribution in [1.29, 1.82) is 0 Å². The highest BCUT2D eigenvalue weighted by Crippen LogP contribution is 2.23. The quantitative estimate of drug-likeness (QED) is 0.888. The van der Waals surface area contributed by atoms with E-state index in [1.165, 1.54) is 0 Å². The van der Waals surface area contributed by atoms with E-state index in [0.29, 0.717) is 23.7 Å². The molecule has 3 rings (SSSR count). The maximum absolute atomic E-state index is 11.3. The number of hydrogen-bond acceptors (Lipinski definition) is 4. The summed E-state index contributed by atoms with van der Waals surface area (Å²) >= 11 is 0. The number of aromatic nitrogens is 1. The number of nitrogens with zero attached hydrogens (tertiary/aromatic N) is 1. The standard InChI is InChI=1S/C18H20N2O3/c21-18(22)17-4-2-1-3-16(17)13-5-6-15(19-11-13)12-20-14-7-9-23-10-8-14/h1-6,11,14,20H,7-10,12H2,(H,21,22). The first-order chi connectivity index (χ1) is 11.2. The third kappa shape index (κ3) is 3.94. The minimum atomic E-state index is -0.925. The number of carboxylic acid groups (broad SMARTS) is 1. The van der Waals surface area contributed by atoms with Gasteiger partial charge in [0.05, 0.1) is 11.3 Å². The van der Waals surface area contributed by atoms with Crippen molar-refractivity contribution in [2.45, 2.75) is 25.4 Å². The topological polar surface area (TPSA) is 71.5 Å². The second-order valence-electron chi connectivity index (χ2n) is 5.66. The van der Waals surface area contributed by atoms with Crippen LogP contribution >= 0.6 is 0 Å². The van der Waals surface area contributed by atoms with Crippen LogP contribution in [0.15, 0.2) is 42.6 Å². The smallest absolute Gasteiger partial charge is 0.336 e. The van der Waals surface area contributed by atoms with Crippen LogP contribution in [0, 0.1) is 0 Å². The minimum Gasteiger partial charge on any atom is -0.478 e. The molecule has 0 saturated carbocycles. The Labute approximate surface area is 135 Å². The van der Waals surface area contributed by atoms with Gasteiger partial charge in [-0.1, -0.05) is 24.3 Å². The summed E-state index contributed by atoms with van der Waals surface area (Å²) in [7, 11) is 0. The summed E-state index contributed by atoms with van der Waals surface area (Å²) in [5.74, 6) is -0.925. The summed E-state index contributed by atoms with van der Waals surface area (Å²) in [6.45, 7) is 2.34. The Bertz CT molecular complexity index is 664. The van der Waals surface area contributed by atoms with Gasteiger partial charge in [0.15, 0.2) is 0 Å². The first-order valence-corrected chi connectivity index (χ1v) is 7.83. The summed E-state index contributed by atoms with van der Waals surface area (Å²) in [5, 5.41) is 12.8. The Morgan fingerprint density at radius 3 is 2.70 bits per heavy atom. The molecule has 0 unspecified atom stereocenters. The lowest BCUT2D eigenvalue weighted by molar-refractivity contribution is 0.0697. The van der Waals surface area contributed by atoms with E-state index in [1.807, 2.05) is 18.2 Å². The van der Waals surface area contributed by atoms with E-state index < -0.39 is 5.97 Å². The Morgan fingerprint density at radius 1 is 1.22 bits per heavy atom. The highest BCUT2D eigenvalue weighted by molar-refractivity contribution is 5.95. The van der Waals surface area contributed by atoms with Gasteiger partial charge in [0.2, 0.25) is 0 Å². The molecule has 1 aromatic heterocycles. The zero-order valence-corrected chi connectivity index (χ0v) is 12.9. The molecule has 1 aromatic carbocycles. The number of carbonyl (C=O) groups is 1. The van der Waals surface area contributed by atoms with Gasteiger partial charge < -0.3 is 15.2 Å². The fourth-order valence-corrected chi connectivity index (χ4v) is 2.76. The van der Waals surface area contributed by atoms with E-state index in [2.05, 4.69) is 10.3 Å². The van der Waals surface area contributed by atoms with Gasteiger partial charge in [-0.3, -0.25) is 4.98 Å². The number of benzene rings is 1. The lowest BCUT2D eigenvalue weighted by Crippen LogP contribution is -2.34. The van der Waals surface area contributed by atoms with Gasteiger partial charge in [0, 0.05) is 37.6 Å². The molecule has 120 valence electrons. The minimum absolute atomic E-state index is 0.294. The van der Waals surface area contributed by atoms with Crippen molar-refractivity contribution in [3.63, 3.8) is 0 Å². The highest BCUT2D eigenvalue weighted by Gasteiger charge is 2.14. The van der Waals surface area contributed by atoms with Crippen LogP contribution in [-0.2, 0) is 11.3 Å². The summed E-state index contributed by atoms with van der Waals surface area (Å²) in [5.41, 5.74) is 2.75. The van der Waals surface area contributed by atoms with Gasteiger partial charge in [-0.2, -0.15) is 0 Å². The third-order valence-corrected chi connectivity index (χ3v) is 4.09. The molecule has 1 fully saturated rings. The predicted molar refractivity (Wildman–Crippen MR) is 87.3 cm³/mol. The van der Waals surface area contributed by atoms with Crippen molar-refractivity contribution < 1.29 is 14.6 Å². The molecular formula is C18H20N2O3. The molecule has 1 aliphatic heterocycles. The predicted octanol–water partition coefficient (Wildman–Crippen LogP) is 2.72. The largest absolute Gasteiger partial charge is 0.478 e. The molecule has 2 N–H and O–H groups in total. The van der Waals surface area contributed by atoms with Gasteiger partial charge in [-0.25, -0.2) is 4.79 Å². The van der Waals surface area contributed by atoms with Gasteiger partial charge in [0.25, 0.3) is 0 Å². The number of aromatic carboxylic acids is 1. The van der Waals surface area contributed by atoms with E-state index in [4.69, 9.17) is 4.74 Å². The summed E-state index contributed by atoms with van der Waals surface area (Å²) in [6, 6.07) is 11.3. The van der Waals surface area contributed by atoms with E-state index in [9.17, 15) is 9.90 Å². The molecule has 0 bridgehead atoms. The Morgan fingerprint density at radius 2 is 2.00 bits per heavy atom. The fourth-order valence-electron chi connectivity index (χ4n) is 2.76. The average molecular weight is 312 g/mol. The molecular weight excluding hydrogens is 292 g/mol. The van der Waals surface area contributed by atoms with Crippen molar-refractivity contribution in [3.8, 4) is 11.1 Å². The lowest BCUT2D eigenvalue weighted by Gasteiger charge is -2.23. The van der Waals surface area contributed by atoms with Crippen LogP contribution in [0.25, 0.3) is 11.1 Å². The van der Waals surface area contributed by atoms with Crippen molar-refractivity contribution in [2.24, 2.45) is 0 Å². The summed E-state index contributed by atoms with van der Waals surface area (Å²) in [6.07, 6.45) is 3.80. The molecule has 1 aliphatic rings. The molecule has 23 heavy (non-hydrogen) atoms. The molecule has 0 aliphatic carbocycles. The van der Waals surface area contributed by atoms with Crippen molar-refractivity contribution in [3.05, 3.63) is 53.9 Å². The molecule has 1 saturated heterocycles. The van der Waals surface area contributed by atoms with Gasteiger partial charge >= 0.3 is 5.97 Å². The first-order valence-electron chi connectivity index (χ1n) is 7.83. The van der Waals surface area contributed by atoms with E-state index in [0.717, 1.165) is 37.3 Å². The zero-order valence-electron chi connectivity index (χ0n) is 12.9. The first kappa shape index (κ1) is 15.6. The third-order valence-electron chi connectivity index (χ3n) is 4.09. The average Bonchev–Trinajstić information content (AvgIpc) is 2.61. The van der Waals surface area contributed by atoms with E-state index >= 15 is 0 Å². The van der Waals surface area contributed by atoms with Crippen molar-refractivity contribution >= 4 is 5.97 Å². The van der Waals surface area contributed by atoms with Crippen LogP contribution in [0.4, 0.5) is 0 Å². The summed E-state index contributed by atoms with van der Waals surface area (Å²) < 4.78 is 5.34. The normalized spacial score (nSPS) is 15.5. The number of hydrogen-bond donors (Lipinski definition) is 2. The van der Waals surface area contributed by atoms with E-state index in [1.54, 1.807) is 24.4 Å². The monoisotopic (exact) mass is 312 g/mol. The Kier molecular flexibility index (Phi) is 5.00. The molecule has 2 aromatic rings. The molecule has 5 heteroatoms. The molecule has 0 atom stereocenters. The van der Waals surface area contributed by atoms with E-state index in [-0.39, 0.29) is 0 Å². The number of nitrogens with one attached hydrogen (secondary N) is 1. The van der Waals surface area contributed by atoms with Crippen LogP contribution in [0.1, 0.15) is 28.9 Å².